The second-order valence-corrected chi connectivity index (χ2v) is 8.33. The number of aryl methyl sites for hydroxylation is 1. The lowest BCUT2D eigenvalue weighted by Gasteiger charge is -2.23. The summed E-state index contributed by atoms with van der Waals surface area (Å²) in [4.78, 5) is 29.6. The summed E-state index contributed by atoms with van der Waals surface area (Å²) in [6.07, 6.45) is 8.06. The summed E-state index contributed by atoms with van der Waals surface area (Å²) in [6.45, 7) is 0.756. The number of benzene rings is 1. The Hall–Kier alpha value is -2.67. The number of carbonyl (C=O) groups excluding carboxylic acids is 1. The van der Waals surface area contributed by atoms with Crippen LogP contribution in [-0.4, -0.2) is 21.6 Å². The molecular formula is C22H25N3O3S. The Morgan fingerprint density at radius 2 is 2.10 bits per heavy atom. The normalized spacial score (nSPS) is 14.8. The van der Waals surface area contributed by atoms with Crippen molar-refractivity contribution in [3.63, 3.8) is 0 Å². The highest BCUT2D eigenvalue weighted by Crippen LogP contribution is 2.24. The number of rotatable bonds is 7. The van der Waals surface area contributed by atoms with Crippen molar-refractivity contribution in [2.75, 3.05) is 0 Å². The van der Waals surface area contributed by atoms with Crippen LogP contribution in [0.15, 0.2) is 46.8 Å². The molecule has 0 aliphatic heterocycles. The van der Waals surface area contributed by atoms with E-state index in [1.807, 2.05) is 29.6 Å². The number of amides is 1. The molecule has 152 valence electrons. The van der Waals surface area contributed by atoms with Gasteiger partial charge in [0.05, 0.1) is 17.8 Å². The highest BCUT2D eigenvalue weighted by atomic mass is 32.1. The van der Waals surface area contributed by atoms with E-state index < -0.39 is 0 Å². The van der Waals surface area contributed by atoms with Gasteiger partial charge in [0.1, 0.15) is 10.6 Å². The smallest absolute Gasteiger partial charge is 0.262 e. The van der Waals surface area contributed by atoms with Gasteiger partial charge in [0.25, 0.3) is 5.56 Å². The van der Waals surface area contributed by atoms with Gasteiger partial charge in [-0.2, -0.15) is 0 Å². The largest absolute Gasteiger partial charge is 0.490 e. The van der Waals surface area contributed by atoms with Gasteiger partial charge in [-0.1, -0.05) is 18.6 Å². The maximum absolute atomic E-state index is 12.4. The maximum atomic E-state index is 12.4. The Balaban J connectivity index is 1.28. The molecule has 0 bridgehead atoms. The van der Waals surface area contributed by atoms with Gasteiger partial charge in [-0.25, -0.2) is 4.98 Å². The first-order valence-corrected chi connectivity index (χ1v) is 11.0. The van der Waals surface area contributed by atoms with Gasteiger partial charge in [-0.15, -0.1) is 11.3 Å². The van der Waals surface area contributed by atoms with Gasteiger partial charge < -0.3 is 10.1 Å². The van der Waals surface area contributed by atoms with Gasteiger partial charge in [-0.3, -0.25) is 14.2 Å². The lowest BCUT2D eigenvalue weighted by Crippen LogP contribution is -2.27. The van der Waals surface area contributed by atoms with Crippen LogP contribution in [0, 0.1) is 0 Å². The molecule has 1 saturated carbocycles. The van der Waals surface area contributed by atoms with Crippen molar-refractivity contribution in [2.45, 2.75) is 57.7 Å². The van der Waals surface area contributed by atoms with E-state index in [-0.39, 0.29) is 17.9 Å². The first-order chi connectivity index (χ1) is 14.2. The molecule has 29 heavy (non-hydrogen) atoms. The quantitative estimate of drug-likeness (QED) is 0.640. The SMILES string of the molecule is O=C(CCn1cnc2sccc2c1=O)NCc1cccc(OC2CCCCC2)c1. The lowest BCUT2D eigenvalue weighted by atomic mass is 9.98. The summed E-state index contributed by atoms with van der Waals surface area (Å²) >= 11 is 1.44. The van der Waals surface area contributed by atoms with Crippen molar-refractivity contribution in [2.24, 2.45) is 0 Å². The summed E-state index contributed by atoms with van der Waals surface area (Å²) in [6, 6.07) is 9.68. The molecule has 0 radical (unpaired) electrons. The molecule has 1 amide bonds. The zero-order valence-electron chi connectivity index (χ0n) is 16.3. The highest BCUT2D eigenvalue weighted by Gasteiger charge is 2.15. The van der Waals surface area contributed by atoms with Crippen LogP contribution in [0.25, 0.3) is 10.2 Å². The fourth-order valence-corrected chi connectivity index (χ4v) is 4.39. The van der Waals surface area contributed by atoms with Crippen molar-refractivity contribution in [3.05, 3.63) is 58.0 Å². The van der Waals surface area contributed by atoms with Gasteiger partial charge in [0, 0.05) is 19.5 Å². The van der Waals surface area contributed by atoms with Crippen LogP contribution in [0.2, 0.25) is 0 Å². The van der Waals surface area contributed by atoms with E-state index in [0.717, 1.165) is 29.0 Å². The van der Waals surface area contributed by atoms with E-state index in [9.17, 15) is 9.59 Å². The Morgan fingerprint density at radius 3 is 2.97 bits per heavy atom. The Labute approximate surface area is 173 Å². The zero-order chi connectivity index (χ0) is 20.1. The molecule has 1 aromatic carbocycles. The van der Waals surface area contributed by atoms with E-state index >= 15 is 0 Å². The molecule has 2 heterocycles. The first-order valence-electron chi connectivity index (χ1n) is 10.1. The fraction of sp³-hybridized carbons (Fsp3) is 0.409. The van der Waals surface area contributed by atoms with Crippen LogP contribution in [0.4, 0.5) is 0 Å². The number of nitrogens with zero attached hydrogens (tertiary/aromatic N) is 2. The highest BCUT2D eigenvalue weighted by molar-refractivity contribution is 7.16. The third-order valence-electron chi connectivity index (χ3n) is 5.27. The number of hydrogen-bond donors (Lipinski definition) is 1. The standard InChI is InChI=1S/C22H25N3O3S/c26-20(9-11-25-15-24-21-19(22(25)27)10-12-29-21)23-14-16-5-4-8-18(13-16)28-17-6-2-1-3-7-17/h4-5,8,10,12-13,15,17H,1-3,6-7,9,11,14H2,(H,23,26). The molecule has 7 heteroatoms. The van der Waals surface area contributed by atoms with Crippen molar-refractivity contribution in [1.82, 2.24) is 14.9 Å². The topological polar surface area (TPSA) is 73.2 Å². The molecule has 2 aromatic heterocycles. The number of hydrogen-bond acceptors (Lipinski definition) is 5. The average molecular weight is 412 g/mol. The van der Waals surface area contributed by atoms with Crippen molar-refractivity contribution < 1.29 is 9.53 Å². The van der Waals surface area contributed by atoms with Gasteiger partial charge in [0.2, 0.25) is 5.91 Å². The number of carbonyl (C=O) groups is 1. The number of thiophene rings is 1. The predicted molar refractivity (Wildman–Crippen MR) is 114 cm³/mol. The summed E-state index contributed by atoms with van der Waals surface area (Å²) in [5.41, 5.74) is 0.904. The zero-order valence-corrected chi connectivity index (χ0v) is 17.1. The van der Waals surface area contributed by atoms with E-state index in [1.54, 1.807) is 6.07 Å². The molecule has 0 saturated heterocycles. The average Bonchev–Trinajstić information content (AvgIpc) is 3.23. The van der Waals surface area contributed by atoms with Crippen LogP contribution >= 0.6 is 11.3 Å². The van der Waals surface area contributed by atoms with E-state index in [4.69, 9.17) is 4.74 Å². The molecule has 0 spiro atoms. The molecule has 1 aliphatic carbocycles. The van der Waals surface area contributed by atoms with E-state index in [0.29, 0.717) is 24.6 Å². The third-order valence-corrected chi connectivity index (χ3v) is 6.09. The molecule has 1 fully saturated rings. The number of fused-ring (bicyclic) bond motifs is 1. The molecular weight excluding hydrogens is 386 g/mol. The molecule has 4 rings (SSSR count). The minimum Gasteiger partial charge on any atom is -0.490 e. The molecule has 1 N–H and O–H groups in total. The Morgan fingerprint density at radius 1 is 1.24 bits per heavy atom. The van der Waals surface area contributed by atoms with E-state index in [1.165, 1.54) is 41.5 Å². The molecule has 0 unspecified atom stereocenters. The number of nitrogens with one attached hydrogen (secondary N) is 1. The second kappa shape index (κ2) is 9.22. The monoisotopic (exact) mass is 411 g/mol. The Bertz CT molecular complexity index is 1040. The van der Waals surface area contributed by atoms with Gasteiger partial charge in [0.15, 0.2) is 0 Å². The van der Waals surface area contributed by atoms with Gasteiger partial charge >= 0.3 is 0 Å². The number of aromatic nitrogens is 2. The summed E-state index contributed by atoms with van der Waals surface area (Å²) < 4.78 is 7.59. The number of ether oxygens (including phenoxy) is 1. The molecule has 6 nitrogen and oxygen atoms in total. The van der Waals surface area contributed by atoms with Crippen molar-refractivity contribution in [3.8, 4) is 5.75 Å². The molecule has 0 atom stereocenters. The van der Waals surface area contributed by atoms with Crippen LogP contribution in [0.5, 0.6) is 5.75 Å². The van der Waals surface area contributed by atoms with E-state index in [2.05, 4.69) is 10.3 Å². The fourth-order valence-electron chi connectivity index (χ4n) is 3.67. The lowest BCUT2D eigenvalue weighted by molar-refractivity contribution is -0.121. The minimum atomic E-state index is -0.100. The van der Waals surface area contributed by atoms with Crippen molar-refractivity contribution in [1.29, 1.82) is 0 Å². The van der Waals surface area contributed by atoms with Crippen molar-refractivity contribution >= 4 is 27.5 Å². The Kier molecular flexibility index (Phi) is 6.24. The van der Waals surface area contributed by atoms with Crippen LogP contribution in [0.1, 0.15) is 44.1 Å². The first kappa shape index (κ1) is 19.6. The van der Waals surface area contributed by atoms with Gasteiger partial charge in [-0.05, 0) is 54.8 Å². The minimum absolute atomic E-state index is 0.0964. The molecule has 1 aliphatic rings. The summed E-state index contributed by atoms with van der Waals surface area (Å²) in [5.74, 6) is 0.770. The predicted octanol–water partition coefficient (Wildman–Crippen LogP) is 3.88. The maximum Gasteiger partial charge on any atom is 0.262 e. The van der Waals surface area contributed by atoms with Crippen LogP contribution in [0.3, 0.4) is 0 Å². The summed E-state index contributed by atoms with van der Waals surface area (Å²) in [5, 5.41) is 5.38. The van der Waals surface area contributed by atoms with Crippen LogP contribution < -0.4 is 15.6 Å². The molecule has 3 aromatic rings. The van der Waals surface area contributed by atoms with Crippen LogP contribution in [-0.2, 0) is 17.9 Å². The third kappa shape index (κ3) is 5.03. The second-order valence-electron chi connectivity index (χ2n) is 7.43. The summed E-state index contributed by atoms with van der Waals surface area (Å²) in [7, 11) is 0.